The number of nitrogens with zero attached hydrogens (tertiary/aromatic N) is 9. The average Bonchev–Trinajstić information content (AvgIpc) is 4.09. The molecule has 0 saturated heterocycles. The Bertz CT molecular complexity index is 2790. The summed E-state index contributed by atoms with van der Waals surface area (Å²) in [6.07, 6.45) is 6.50. The van der Waals surface area contributed by atoms with Gasteiger partial charge in [0.1, 0.15) is 0 Å². The largest absolute Gasteiger partial charge is 1.00 e. The first-order valence-electron chi connectivity index (χ1n) is 19.4. The minimum Gasteiger partial charge on any atom is -0.840 e. The maximum absolute atomic E-state index is 12.2. The zero-order chi connectivity index (χ0) is 44.1. The topological polar surface area (TPSA) is 359 Å². The van der Waals surface area contributed by atoms with E-state index in [1.807, 2.05) is 0 Å². The van der Waals surface area contributed by atoms with E-state index in [2.05, 4.69) is 64.6 Å². The number of hydrogen-bond acceptors (Lipinski definition) is 17. The van der Waals surface area contributed by atoms with E-state index in [-0.39, 0.29) is 491 Å². The van der Waals surface area contributed by atoms with Crippen LogP contribution in [0.4, 0.5) is 17.8 Å². The summed E-state index contributed by atoms with van der Waals surface area (Å²) in [6.45, 7) is 12.3. The molecular formula is C36H43N15O8Rb6Si3+3. The molecule has 32 heteroatoms. The molecule has 6 aromatic rings. The Kier molecular flexibility index (Phi) is 31.6. The SMILES string of the molecule is C=C1[C@H](CO)[C@@H]([Si-]O)C[C@@H]1n1cnc2c(=O)[nH]c(N)nc21.C=C1[C@H](CO)[C@@H]([Si-]O[Si-][C@H]2C[C@H](n3cnc4c(=O)[nH]c(N)nc43)C(=C)[C@@H]2CO)C[C@@H]1n1cnc2c(=O)[nH]c(N)nc21.[Rb+].[Rb+].[Rb+].[Rb+].[Rb+].[Rb+]. The van der Waals surface area contributed by atoms with Gasteiger partial charge in [0.05, 0.1) is 37.1 Å². The van der Waals surface area contributed by atoms with Gasteiger partial charge >= 0.3 is 349 Å². The van der Waals surface area contributed by atoms with Crippen LogP contribution in [0.2, 0.25) is 16.6 Å². The summed E-state index contributed by atoms with van der Waals surface area (Å²) in [5, 5.41) is 29.9. The van der Waals surface area contributed by atoms with Crippen LogP contribution < -0.4 is 383 Å². The fourth-order valence-electron chi connectivity index (χ4n) is 8.90. The van der Waals surface area contributed by atoms with Crippen molar-refractivity contribution in [2.45, 2.75) is 54.0 Å². The molecule has 13 N–H and O–H groups in total. The van der Waals surface area contributed by atoms with Gasteiger partial charge in [0.2, 0.25) is 17.8 Å². The molecule has 3 aliphatic carbocycles. The second-order valence-electron chi connectivity index (χ2n) is 15.5. The Morgan fingerprint density at radius 3 is 1.10 bits per heavy atom. The van der Waals surface area contributed by atoms with E-state index in [1.54, 1.807) is 26.4 Å². The summed E-state index contributed by atoms with van der Waals surface area (Å²) in [7, 11) is -0.136. The van der Waals surface area contributed by atoms with Gasteiger partial charge in [-0.3, -0.25) is 39.1 Å². The molecule has 3 radical (unpaired) electrons. The van der Waals surface area contributed by atoms with Crippen molar-refractivity contribution in [1.29, 1.82) is 0 Å². The first kappa shape index (κ1) is 69.1. The van der Waals surface area contributed by atoms with Gasteiger partial charge in [0.15, 0.2) is 33.5 Å². The molecule has 0 amide bonds. The van der Waals surface area contributed by atoms with Crippen molar-refractivity contribution in [3.8, 4) is 0 Å². The van der Waals surface area contributed by atoms with Crippen LogP contribution in [0.15, 0.2) is 69.8 Å². The molecule has 0 aliphatic heterocycles. The average molecular weight is 1410 g/mol. The van der Waals surface area contributed by atoms with Crippen molar-refractivity contribution in [1.82, 2.24) is 58.6 Å². The van der Waals surface area contributed by atoms with Crippen LogP contribution in [0, 0.1) is 17.8 Å². The number of nitrogens with one attached hydrogen (secondary N) is 3. The number of nitrogens with two attached hydrogens (primary N) is 3. The maximum atomic E-state index is 12.2. The van der Waals surface area contributed by atoms with Gasteiger partial charge in [-0.2, -0.15) is 31.6 Å². The molecule has 0 unspecified atom stereocenters. The Morgan fingerprint density at radius 1 is 0.559 bits per heavy atom. The van der Waals surface area contributed by atoms with Crippen molar-refractivity contribution in [2.24, 2.45) is 17.8 Å². The third kappa shape index (κ3) is 14.6. The van der Waals surface area contributed by atoms with Gasteiger partial charge in [-0.15, -0.1) is 0 Å². The van der Waals surface area contributed by atoms with Crippen LogP contribution in [0.5, 0.6) is 0 Å². The number of rotatable bonds is 11. The van der Waals surface area contributed by atoms with Crippen LogP contribution in [0.25, 0.3) is 33.5 Å². The van der Waals surface area contributed by atoms with E-state index in [1.165, 1.54) is 6.33 Å². The molecule has 0 aromatic carbocycles. The summed E-state index contributed by atoms with van der Waals surface area (Å²) >= 11 is 0. The van der Waals surface area contributed by atoms with Crippen molar-refractivity contribution in [3.63, 3.8) is 0 Å². The Balaban J connectivity index is 0.000000504. The van der Waals surface area contributed by atoms with Crippen molar-refractivity contribution in [3.05, 3.63) is 86.5 Å². The second kappa shape index (κ2) is 31.1. The number of aliphatic hydroxyl groups is 3. The second-order valence-corrected chi connectivity index (χ2v) is 19.2. The summed E-state index contributed by atoms with van der Waals surface area (Å²) < 4.78 is 11.6. The summed E-state index contributed by atoms with van der Waals surface area (Å²) in [6, 6.07) is -0.618. The standard InChI is InChI=1S/C24H28N10O5Si2.C12H15N5O3Si.6Rb/c1-9-11(5-35)15(3-13(9)33-7-27-17-19(33)29-23(25)31-21(17)37)40-39-41-16-4-14(10(2)12(16)6-36)34-8-28-18-20(34)30-24(26)32-22(18)38;1-5-6(3-18)8(21-20)2-7(5)17-4-14-9-10(17)15-12(13)16-11(9)19;;;;;;/h7-8,11-16,35-36H,1-6H2,(H3,25,29,31,37)(H3,26,30,32,38);4,6-8,18,20H,1-3H2,(H3,13,15,16,19);;;;;;/q-2;-1;6*+1/t11-,12-,13-,14-,15-,16-;6-,7-,8-;;;;;;/m00....../s1. The first-order valence-corrected chi connectivity index (χ1v) is 22.4. The normalized spacial score (nSPS) is 24.0. The van der Waals surface area contributed by atoms with E-state index in [0.29, 0.717) is 36.2 Å². The third-order valence-corrected chi connectivity index (χ3v) is 15.9. The number of nitrogen functional groups attached to an aromatic ring is 3. The zero-order valence-electron chi connectivity index (χ0n) is 39.0. The van der Waals surface area contributed by atoms with E-state index < -0.39 is 11.1 Å². The molecule has 3 aliphatic rings. The first-order chi connectivity index (χ1) is 29.8. The Hall–Kier alpha value is 4.95. The van der Waals surface area contributed by atoms with Crippen LogP contribution in [-0.2, 0) is 4.12 Å². The van der Waals surface area contributed by atoms with Crippen molar-refractivity contribution in [2.75, 3.05) is 37.0 Å². The number of hydrogen-bond donors (Lipinski definition) is 10. The van der Waals surface area contributed by atoms with Gasteiger partial charge in [-0.1, -0.05) is 55.7 Å². The molecule has 6 aromatic heterocycles. The van der Waals surface area contributed by atoms with Gasteiger partial charge in [0.25, 0.3) is 16.7 Å². The quantitative estimate of drug-likeness (QED) is 0.0425. The molecule has 9 rings (SSSR count). The molecule has 3 saturated carbocycles. The molecule has 325 valence electrons. The third-order valence-electron chi connectivity index (χ3n) is 12.1. The van der Waals surface area contributed by atoms with E-state index >= 15 is 0 Å². The number of imidazole rings is 3. The van der Waals surface area contributed by atoms with Gasteiger partial charge < -0.3 is 74.7 Å². The Morgan fingerprint density at radius 2 is 0.838 bits per heavy atom. The molecule has 0 spiro atoms. The van der Waals surface area contributed by atoms with E-state index in [0.717, 1.165) is 16.7 Å². The maximum Gasteiger partial charge on any atom is 1.00 e. The van der Waals surface area contributed by atoms with Crippen LogP contribution >= 0.6 is 0 Å². The molecule has 23 nitrogen and oxygen atoms in total. The monoisotopic (exact) mass is 1410 g/mol. The summed E-state index contributed by atoms with van der Waals surface area (Å²) in [5.41, 5.74) is 20.0. The molecule has 68 heavy (non-hydrogen) atoms. The molecule has 6 heterocycles. The fraction of sp³-hybridized carbons (Fsp3) is 0.417. The predicted octanol–water partition coefficient (Wildman–Crippen LogP) is -19.3. The summed E-state index contributed by atoms with van der Waals surface area (Å²) in [4.78, 5) is 78.2. The number of aliphatic hydroxyl groups excluding tert-OH is 3. The van der Waals surface area contributed by atoms with Crippen LogP contribution in [-0.4, -0.2) is 128 Å². The number of anilines is 3. The minimum atomic E-state index is -0.416. The van der Waals surface area contributed by atoms with Gasteiger partial charge in [0, 0.05) is 19.8 Å². The summed E-state index contributed by atoms with van der Waals surface area (Å²) in [5.74, 6) is -0.538. The number of H-pyrrole nitrogens is 3. The Labute approximate surface area is 689 Å². The number of aromatic amines is 3. The van der Waals surface area contributed by atoms with Crippen LogP contribution in [0.3, 0.4) is 0 Å². The van der Waals surface area contributed by atoms with E-state index in [9.17, 15) is 34.5 Å². The molecule has 3 fully saturated rings. The van der Waals surface area contributed by atoms with Gasteiger partial charge in [-0.25, -0.2) is 15.0 Å². The van der Waals surface area contributed by atoms with Crippen LogP contribution in [0.1, 0.15) is 37.4 Å². The fourth-order valence-corrected chi connectivity index (χ4v) is 12.8. The zero-order valence-corrected chi connectivity index (χ0v) is 71.5. The predicted molar refractivity (Wildman–Crippen MR) is 230 cm³/mol. The molecule has 9 atom stereocenters. The molecular weight excluding hydrogens is 1370 g/mol. The van der Waals surface area contributed by atoms with E-state index in [4.69, 9.17) is 21.3 Å². The smallest absolute Gasteiger partial charge is 0.840 e. The minimum absolute atomic E-state index is 0. The van der Waals surface area contributed by atoms with Gasteiger partial charge in [-0.05, 0) is 17.8 Å². The number of aromatic nitrogens is 12. The number of fused-ring (bicyclic) bond motifs is 3. The molecule has 0 bridgehead atoms. The van der Waals surface area contributed by atoms with Crippen molar-refractivity contribution >= 4 is 80.6 Å². The van der Waals surface area contributed by atoms with Crippen molar-refractivity contribution < 1.29 is 373 Å².